The molecule has 0 aliphatic heterocycles. The van der Waals surface area contributed by atoms with Gasteiger partial charge in [0.1, 0.15) is 11.5 Å². The first-order valence-corrected chi connectivity index (χ1v) is 9.02. The predicted octanol–water partition coefficient (Wildman–Crippen LogP) is 3.09. The summed E-state index contributed by atoms with van der Waals surface area (Å²) in [5, 5.41) is 3.04. The number of benzene rings is 2. The first-order chi connectivity index (χ1) is 13.4. The molecule has 0 aliphatic rings. The van der Waals surface area contributed by atoms with Gasteiger partial charge in [-0.3, -0.25) is 9.59 Å². The molecule has 0 radical (unpaired) electrons. The normalized spacial score (nSPS) is 12.0. The van der Waals surface area contributed by atoms with Gasteiger partial charge in [0.2, 0.25) is 5.91 Å². The lowest BCUT2D eigenvalue weighted by molar-refractivity contribution is -0.120. The van der Waals surface area contributed by atoms with Crippen molar-refractivity contribution in [3.05, 3.63) is 65.7 Å². The largest absolute Gasteiger partial charge is 0.497 e. The van der Waals surface area contributed by atoms with E-state index in [1.165, 1.54) is 6.08 Å². The SMILES string of the molecule is COc1ccc(C(NC(=O)/C=C/c2ccc(OCC(N)=O)cc2)C(C)C)cc1. The van der Waals surface area contributed by atoms with Crippen LogP contribution in [-0.4, -0.2) is 25.5 Å². The van der Waals surface area contributed by atoms with E-state index in [4.69, 9.17) is 15.2 Å². The number of methoxy groups -OCH3 is 1. The molecule has 148 valence electrons. The molecule has 0 aliphatic carbocycles. The van der Waals surface area contributed by atoms with Gasteiger partial charge >= 0.3 is 0 Å². The summed E-state index contributed by atoms with van der Waals surface area (Å²) < 4.78 is 10.4. The van der Waals surface area contributed by atoms with Crippen LogP contribution in [0.4, 0.5) is 0 Å². The number of carbonyl (C=O) groups excluding carboxylic acids is 2. The van der Waals surface area contributed by atoms with E-state index in [-0.39, 0.29) is 24.5 Å². The molecule has 0 heterocycles. The summed E-state index contributed by atoms with van der Waals surface area (Å²) in [6, 6.07) is 14.6. The van der Waals surface area contributed by atoms with Crippen LogP contribution in [0.25, 0.3) is 6.08 Å². The maximum atomic E-state index is 12.4. The number of hydrogen-bond donors (Lipinski definition) is 2. The minimum Gasteiger partial charge on any atom is -0.497 e. The zero-order chi connectivity index (χ0) is 20.5. The van der Waals surface area contributed by atoms with Crippen molar-refractivity contribution in [1.29, 1.82) is 0 Å². The van der Waals surface area contributed by atoms with Gasteiger partial charge in [-0.2, -0.15) is 0 Å². The molecule has 0 saturated heterocycles. The predicted molar refractivity (Wildman–Crippen MR) is 109 cm³/mol. The third-order valence-corrected chi connectivity index (χ3v) is 4.13. The lowest BCUT2D eigenvalue weighted by Gasteiger charge is -2.22. The highest BCUT2D eigenvalue weighted by Gasteiger charge is 2.17. The number of hydrogen-bond acceptors (Lipinski definition) is 4. The molecule has 2 rings (SSSR count). The van der Waals surface area contributed by atoms with E-state index in [9.17, 15) is 9.59 Å². The Morgan fingerprint density at radius 1 is 1.04 bits per heavy atom. The summed E-state index contributed by atoms with van der Waals surface area (Å²) >= 11 is 0. The topological polar surface area (TPSA) is 90.7 Å². The second-order valence-electron chi connectivity index (χ2n) is 6.66. The van der Waals surface area contributed by atoms with Crippen LogP contribution < -0.4 is 20.5 Å². The fraction of sp³-hybridized carbons (Fsp3) is 0.273. The average Bonchev–Trinajstić information content (AvgIpc) is 2.69. The zero-order valence-corrected chi connectivity index (χ0v) is 16.3. The van der Waals surface area contributed by atoms with Crippen molar-refractivity contribution in [3.63, 3.8) is 0 Å². The Bertz CT molecular complexity index is 811. The van der Waals surface area contributed by atoms with Gasteiger partial charge in [0.15, 0.2) is 6.61 Å². The van der Waals surface area contributed by atoms with E-state index in [0.717, 1.165) is 16.9 Å². The second-order valence-corrected chi connectivity index (χ2v) is 6.66. The molecule has 0 bridgehead atoms. The van der Waals surface area contributed by atoms with Crippen LogP contribution in [0, 0.1) is 5.92 Å². The van der Waals surface area contributed by atoms with Crippen molar-refractivity contribution < 1.29 is 19.1 Å². The quantitative estimate of drug-likeness (QED) is 0.652. The fourth-order valence-corrected chi connectivity index (χ4v) is 2.65. The molecule has 1 unspecified atom stereocenters. The number of rotatable bonds is 9. The van der Waals surface area contributed by atoms with Crippen molar-refractivity contribution >= 4 is 17.9 Å². The summed E-state index contributed by atoms with van der Waals surface area (Å²) in [5.74, 6) is 0.841. The smallest absolute Gasteiger partial charge is 0.255 e. The van der Waals surface area contributed by atoms with Crippen LogP contribution in [0.2, 0.25) is 0 Å². The molecule has 2 aromatic carbocycles. The zero-order valence-electron chi connectivity index (χ0n) is 16.3. The van der Waals surface area contributed by atoms with E-state index in [1.54, 1.807) is 37.5 Å². The molecule has 0 fully saturated rings. The lowest BCUT2D eigenvalue weighted by atomic mass is 9.96. The molecule has 0 aromatic heterocycles. The number of primary amides is 1. The van der Waals surface area contributed by atoms with Crippen LogP contribution in [0.15, 0.2) is 54.6 Å². The van der Waals surface area contributed by atoms with Crippen LogP contribution in [0.5, 0.6) is 11.5 Å². The summed E-state index contributed by atoms with van der Waals surface area (Å²) in [6.07, 6.45) is 3.22. The molecule has 28 heavy (non-hydrogen) atoms. The Kier molecular flexibility index (Phi) is 7.63. The Hall–Kier alpha value is -3.28. The van der Waals surface area contributed by atoms with E-state index in [0.29, 0.717) is 5.75 Å². The standard InChI is InChI=1S/C22H26N2O4/c1-15(2)22(17-7-11-18(27-3)12-8-17)24-21(26)13-6-16-4-9-19(10-5-16)28-14-20(23)25/h4-13,15,22H,14H2,1-3H3,(H2,23,25)(H,24,26)/b13-6+. The first kappa shape index (κ1) is 21.0. The molecule has 6 nitrogen and oxygen atoms in total. The summed E-state index contributed by atoms with van der Waals surface area (Å²) in [6.45, 7) is 3.95. The minimum atomic E-state index is -0.530. The van der Waals surface area contributed by atoms with E-state index in [1.807, 2.05) is 24.3 Å². The maximum Gasteiger partial charge on any atom is 0.255 e. The van der Waals surface area contributed by atoms with Crippen molar-refractivity contribution in [2.24, 2.45) is 11.7 Å². The first-order valence-electron chi connectivity index (χ1n) is 9.02. The Balaban J connectivity index is 1.98. The average molecular weight is 382 g/mol. The molecule has 1 atom stereocenters. The summed E-state index contributed by atoms with van der Waals surface area (Å²) in [5.41, 5.74) is 6.90. The number of nitrogens with two attached hydrogens (primary N) is 1. The van der Waals surface area contributed by atoms with Crippen molar-refractivity contribution in [2.45, 2.75) is 19.9 Å². The van der Waals surface area contributed by atoms with Gasteiger partial charge in [-0.15, -0.1) is 0 Å². The summed E-state index contributed by atoms with van der Waals surface area (Å²) in [4.78, 5) is 23.1. The number of nitrogens with one attached hydrogen (secondary N) is 1. The van der Waals surface area contributed by atoms with Crippen molar-refractivity contribution in [3.8, 4) is 11.5 Å². The molecule has 3 N–H and O–H groups in total. The highest BCUT2D eigenvalue weighted by Crippen LogP contribution is 2.24. The molecule has 0 spiro atoms. The lowest BCUT2D eigenvalue weighted by Crippen LogP contribution is -2.30. The highest BCUT2D eigenvalue weighted by molar-refractivity contribution is 5.92. The monoisotopic (exact) mass is 382 g/mol. The number of ether oxygens (including phenoxy) is 2. The van der Waals surface area contributed by atoms with Gasteiger partial charge in [0.25, 0.3) is 5.91 Å². The Labute approximate surface area is 165 Å². The van der Waals surface area contributed by atoms with E-state index >= 15 is 0 Å². The van der Waals surface area contributed by atoms with Gasteiger partial charge in [-0.25, -0.2) is 0 Å². The van der Waals surface area contributed by atoms with Crippen molar-refractivity contribution in [2.75, 3.05) is 13.7 Å². The molecule has 6 heteroatoms. The Morgan fingerprint density at radius 3 is 2.18 bits per heavy atom. The molecule has 0 saturated carbocycles. The van der Waals surface area contributed by atoms with E-state index < -0.39 is 5.91 Å². The Morgan fingerprint density at radius 2 is 1.64 bits per heavy atom. The number of carbonyl (C=O) groups is 2. The van der Waals surface area contributed by atoms with Crippen LogP contribution in [0.3, 0.4) is 0 Å². The van der Waals surface area contributed by atoms with Gasteiger partial charge in [-0.1, -0.05) is 38.1 Å². The van der Waals surface area contributed by atoms with Gasteiger partial charge in [0, 0.05) is 6.08 Å². The maximum absolute atomic E-state index is 12.4. The molecular formula is C22H26N2O4. The molecule has 2 amide bonds. The van der Waals surface area contributed by atoms with Crippen LogP contribution in [0.1, 0.15) is 31.0 Å². The highest BCUT2D eigenvalue weighted by atomic mass is 16.5. The second kappa shape index (κ2) is 10.2. The van der Waals surface area contributed by atoms with Crippen LogP contribution in [-0.2, 0) is 9.59 Å². The number of amides is 2. The van der Waals surface area contributed by atoms with E-state index in [2.05, 4.69) is 19.2 Å². The third-order valence-electron chi connectivity index (χ3n) is 4.13. The minimum absolute atomic E-state index is 0.104. The third kappa shape index (κ3) is 6.46. The van der Waals surface area contributed by atoms with Gasteiger partial charge < -0.3 is 20.5 Å². The van der Waals surface area contributed by atoms with Gasteiger partial charge in [-0.05, 0) is 47.4 Å². The molecule has 2 aromatic rings. The fourth-order valence-electron chi connectivity index (χ4n) is 2.65. The van der Waals surface area contributed by atoms with Gasteiger partial charge in [0.05, 0.1) is 13.2 Å². The summed E-state index contributed by atoms with van der Waals surface area (Å²) in [7, 11) is 1.62. The van der Waals surface area contributed by atoms with Crippen LogP contribution >= 0.6 is 0 Å². The molecular weight excluding hydrogens is 356 g/mol. The van der Waals surface area contributed by atoms with Crippen molar-refractivity contribution in [1.82, 2.24) is 5.32 Å².